The van der Waals surface area contributed by atoms with Crippen LogP contribution in [0.25, 0.3) is 11.3 Å². The third-order valence-electron chi connectivity index (χ3n) is 5.69. The van der Waals surface area contributed by atoms with Gasteiger partial charge in [0.15, 0.2) is 11.6 Å². The van der Waals surface area contributed by atoms with E-state index in [9.17, 15) is 26.4 Å². The number of carbonyl (C=O) groups is 1. The van der Waals surface area contributed by atoms with Gasteiger partial charge in [-0.25, -0.2) is 19.7 Å². The molecule has 41 heavy (non-hydrogen) atoms. The lowest BCUT2D eigenvalue weighted by molar-refractivity contribution is -0.154. The number of halogens is 3. The Morgan fingerprint density at radius 1 is 0.951 bits per heavy atom. The van der Waals surface area contributed by atoms with Crippen molar-refractivity contribution in [2.45, 2.75) is 38.9 Å². The van der Waals surface area contributed by atoms with Crippen LogP contribution < -0.4 is 14.2 Å². The topological polar surface area (TPSA) is 120 Å². The van der Waals surface area contributed by atoms with Gasteiger partial charge in [-0.15, -0.1) is 0 Å². The molecule has 1 aromatic carbocycles. The fraction of sp³-hybridized carbons (Fsp3) is 0.214. The summed E-state index contributed by atoms with van der Waals surface area (Å²) >= 11 is 0. The molecular formula is C28H29F3N4O5S. The molecule has 218 valence electrons. The van der Waals surface area contributed by atoms with E-state index in [2.05, 4.69) is 15.0 Å². The number of carbonyl (C=O) groups excluding carboxylic acids is 1. The number of nitrogens with one attached hydrogen (secondary N) is 1. The molecule has 0 bridgehead atoms. The Morgan fingerprint density at radius 2 is 1.66 bits per heavy atom. The van der Waals surface area contributed by atoms with Gasteiger partial charge in [0.25, 0.3) is 15.9 Å². The minimum Gasteiger partial charge on any atom is -0.468 e. The summed E-state index contributed by atoms with van der Waals surface area (Å²) in [4.78, 5) is 25.5. The number of benzene rings is 1. The zero-order valence-corrected chi connectivity index (χ0v) is 23.2. The predicted octanol–water partition coefficient (Wildman–Crippen LogP) is 6.12. The molecule has 0 aliphatic heterocycles. The Labute approximate surface area is 237 Å². The summed E-state index contributed by atoms with van der Waals surface area (Å²) in [6.45, 7) is 5.50. The molecule has 9 nitrogen and oxygen atoms in total. The van der Waals surface area contributed by atoms with E-state index in [-0.39, 0.29) is 36.5 Å². The van der Waals surface area contributed by atoms with E-state index in [1.807, 2.05) is 23.8 Å². The van der Waals surface area contributed by atoms with Crippen molar-refractivity contribution in [3.8, 4) is 28.8 Å². The van der Waals surface area contributed by atoms with Crippen molar-refractivity contribution < 1.29 is 38.7 Å². The molecule has 0 saturated heterocycles. The van der Waals surface area contributed by atoms with Crippen LogP contribution in [-0.2, 0) is 10.0 Å². The van der Waals surface area contributed by atoms with Crippen LogP contribution >= 0.6 is 0 Å². The number of sulfonamides is 1. The van der Waals surface area contributed by atoms with Gasteiger partial charge >= 0.3 is 6.18 Å². The summed E-state index contributed by atoms with van der Waals surface area (Å²) in [5, 5.41) is -0.357. The fourth-order valence-corrected chi connectivity index (χ4v) is 4.99. The Kier molecular flexibility index (Phi) is 8.29. The van der Waals surface area contributed by atoms with Crippen molar-refractivity contribution in [1.82, 2.24) is 19.7 Å². The third-order valence-corrected chi connectivity index (χ3v) is 6.93. The summed E-state index contributed by atoms with van der Waals surface area (Å²) in [6, 6.07) is 13.5. The van der Waals surface area contributed by atoms with Crippen molar-refractivity contribution in [2.24, 2.45) is 0 Å². The van der Waals surface area contributed by atoms with Crippen LogP contribution in [0.4, 0.5) is 13.2 Å². The molecule has 3 aromatic heterocycles. The second kappa shape index (κ2) is 11.5. The second-order valence-corrected chi connectivity index (χ2v) is 10.8. The fourth-order valence-electron chi connectivity index (χ4n) is 4.01. The molecule has 4 aromatic rings. The molecular weight excluding hydrogens is 561 g/mol. The summed E-state index contributed by atoms with van der Waals surface area (Å²) in [7, 11) is -4.36. The lowest BCUT2D eigenvalue weighted by Crippen LogP contribution is -2.31. The monoisotopic (exact) mass is 590 g/mol. The molecule has 13 heteroatoms. The first-order chi connectivity index (χ1) is 19.2. The SMILES string of the molecule is Cc1cc(C)c(Oc2nc(-c3cccnc3OCC(F)(F)F)ccc2C(=O)NS(=O)(=O)c2cccc(C)n2)c(C)c1.[HH].[HH]. The molecule has 1 amide bonds. The number of alkyl halides is 3. The minimum absolute atomic E-state index is 0. The number of hydrogen-bond donors (Lipinski definition) is 1. The van der Waals surface area contributed by atoms with E-state index in [1.165, 1.54) is 42.6 Å². The molecule has 0 aliphatic carbocycles. The Bertz CT molecular complexity index is 1710. The van der Waals surface area contributed by atoms with E-state index in [0.29, 0.717) is 22.6 Å². The molecule has 1 N–H and O–H groups in total. The maximum absolute atomic E-state index is 13.3. The van der Waals surface area contributed by atoms with Crippen molar-refractivity contribution in [1.29, 1.82) is 0 Å². The third kappa shape index (κ3) is 7.17. The quantitative estimate of drug-likeness (QED) is 0.261. The Balaban J connectivity index is 0.00000323. The van der Waals surface area contributed by atoms with Crippen LogP contribution in [0.3, 0.4) is 0 Å². The number of hydrogen-bond acceptors (Lipinski definition) is 8. The highest BCUT2D eigenvalue weighted by Crippen LogP contribution is 2.34. The number of aryl methyl sites for hydroxylation is 4. The van der Waals surface area contributed by atoms with Gasteiger partial charge in [-0.2, -0.15) is 21.6 Å². The number of nitrogens with zero attached hydrogens (tertiary/aromatic N) is 3. The van der Waals surface area contributed by atoms with Gasteiger partial charge < -0.3 is 9.47 Å². The average Bonchev–Trinajstić information content (AvgIpc) is 2.89. The molecule has 0 aliphatic rings. The van der Waals surface area contributed by atoms with Crippen molar-refractivity contribution in [3.05, 3.63) is 88.7 Å². The number of amides is 1. The van der Waals surface area contributed by atoms with Crippen LogP contribution in [0.1, 0.15) is 35.6 Å². The molecule has 0 radical (unpaired) electrons. The van der Waals surface area contributed by atoms with Gasteiger partial charge in [0.05, 0.1) is 11.3 Å². The molecule has 0 atom stereocenters. The van der Waals surface area contributed by atoms with Gasteiger partial charge in [-0.3, -0.25) is 4.79 Å². The van der Waals surface area contributed by atoms with Crippen LogP contribution in [0.2, 0.25) is 0 Å². The molecule has 0 fully saturated rings. The largest absolute Gasteiger partial charge is 0.468 e. The molecule has 4 rings (SSSR count). The van der Waals surface area contributed by atoms with Crippen molar-refractivity contribution in [3.63, 3.8) is 0 Å². The summed E-state index contributed by atoms with van der Waals surface area (Å²) in [5.74, 6) is -1.30. The molecule has 3 heterocycles. The maximum atomic E-state index is 13.3. The first kappa shape index (κ1) is 29.5. The number of pyridine rings is 3. The molecule has 0 saturated carbocycles. The number of ether oxygens (including phenoxy) is 2. The van der Waals surface area contributed by atoms with Gasteiger partial charge in [0, 0.05) is 14.7 Å². The smallest absolute Gasteiger partial charge is 0.422 e. The molecule has 0 spiro atoms. The summed E-state index contributed by atoms with van der Waals surface area (Å²) in [6.07, 6.45) is -3.34. The van der Waals surface area contributed by atoms with Crippen LogP contribution in [0.5, 0.6) is 17.5 Å². The number of rotatable bonds is 8. The zero-order valence-electron chi connectivity index (χ0n) is 22.4. The highest BCUT2D eigenvalue weighted by Gasteiger charge is 2.30. The van der Waals surface area contributed by atoms with E-state index in [0.717, 1.165) is 5.56 Å². The number of aromatic nitrogens is 3. The van der Waals surface area contributed by atoms with E-state index in [4.69, 9.17) is 9.47 Å². The second-order valence-electron chi connectivity index (χ2n) is 9.19. The first-order valence-electron chi connectivity index (χ1n) is 12.2. The van der Waals surface area contributed by atoms with E-state index in [1.54, 1.807) is 26.8 Å². The highest BCUT2D eigenvalue weighted by molar-refractivity contribution is 7.90. The molecule has 0 unspecified atom stereocenters. The van der Waals surface area contributed by atoms with Gasteiger partial charge in [-0.05, 0) is 75.2 Å². The highest BCUT2D eigenvalue weighted by atomic mass is 32.2. The normalized spacial score (nSPS) is 11.7. The Hall–Kier alpha value is -4.52. The van der Waals surface area contributed by atoms with Gasteiger partial charge in [0.1, 0.15) is 11.3 Å². The lowest BCUT2D eigenvalue weighted by atomic mass is 10.1. The van der Waals surface area contributed by atoms with E-state index < -0.39 is 28.7 Å². The summed E-state index contributed by atoms with van der Waals surface area (Å²) in [5.41, 5.74) is 2.76. The van der Waals surface area contributed by atoms with Gasteiger partial charge in [-0.1, -0.05) is 23.8 Å². The first-order valence-corrected chi connectivity index (χ1v) is 13.6. The van der Waals surface area contributed by atoms with Crippen LogP contribution in [0.15, 0.2) is 65.8 Å². The minimum atomic E-state index is -4.60. The van der Waals surface area contributed by atoms with Crippen LogP contribution in [-0.4, -0.2) is 42.1 Å². The predicted molar refractivity (Wildman–Crippen MR) is 148 cm³/mol. The maximum Gasteiger partial charge on any atom is 0.422 e. The van der Waals surface area contributed by atoms with Crippen LogP contribution in [0, 0.1) is 27.7 Å². The van der Waals surface area contributed by atoms with Gasteiger partial charge in [0.2, 0.25) is 11.8 Å². The standard InChI is InChI=1S/C28H25F3N4O5S.2H2/c1-16-13-17(2)24(18(3)14-16)40-27-21(25(36)35-41(37,38)23-9-5-7-19(4)33-23)10-11-22(34-27)20-8-6-12-32-26(20)39-15-28(29,30)31;;/h5-14H,15H2,1-4H3,(H,35,36);2*1H. The van der Waals surface area contributed by atoms with Crippen molar-refractivity contribution in [2.75, 3.05) is 6.61 Å². The van der Waals surface area contributed by atoms with E-state index >= 15 is 0 Å². The van der Waals surface area contributed by atoms with Crippen molar-refractivity contribution >= 4 is 15.9 Å². The zero-order chi connectivity index (χ0) is 29.9. The summed E-state index contributed by atoms with van der Waals surface area (Å²) < 4.78 is 77.2. The Morgan fingerprint density at radius 3 is 2.32 bits per heavy atom. The lowest BCUT2D eigenvalue weighted by Gasteiger charge is -2.17. The average molecular weight is 591 g/mol.